The largest absolute Gasteiger partial charge is 0.480 e. The summed E-state index contributed by atoms with van der Waals surface area (Å²) in [6.07, 6.45) is 4.93. The minimum Gasteiger partial charge on any atom is -0.480 e. The molecule has 1 aliphatic heterocycles. The van der Waals surface area contributed by atoms with Gasteiger partial charge in [0.05, 0.1) is 6.54 Å². The minimum atomic E-state index is -0.782. The molecular weight excluding hydrogens is 304 g/mol. The summed E-state index contributed by atoms with van der Waals surface area (Å²) in [6.45, 7) is 4.23. The first-order chi connectivity index (χ1) is 11.6. The van der Waals surface area contributed by atoms with E-state index in [1.165, 1.54) is 11.1 Å². The van der Waals surface area contributed by atoms with Crippen molar-refractivity contribution in [2.24, 2.45) is 0 Å². The van der Waals surface area contributed by atoms with E-state index in [2.05, 4.69) is 6.07 Å². The number of hydrogen-bond acceptors (Lipinski definition) is 3. The number of amides is 1. The van der Waals surface area contributed by atoms with Crippen LogP contribution in [0.25, 0.3) is 0 Å². The molecule has 0 radical (unpaired) electrons. The summed E-state index contributed by atoms with van der Waals surface area (Å²) < 4.78 is 0. The van der Waals surface area contributed by atoms with Crippen LogP contribution in [0, 0.1) is 0 Å². The van der Waals surface area contributed by atoms with Gasteiger partial charge >= 0.3 is 5.97 Å². The number of carbonyl (C=O) groups is 2. The molecule has 1 aliphatic carbocycles. The Kier molecular flexibility index (Phi) is 5.19. The molecule has 0 spiro atoms. The lowest BCUT2D eigenvalue weighted by Crippen LogP contribution is -2.48. The number of aryl methyl sites for hydroxylation is 1. The average Bonchev–Trinajstić information content (AvgIpc) is 3.07. The molecule has 1 saturated heterocycles. The molecule has 5 heteroatoms. The summed E-state index contributed by atoms with van der Waals surface area (Å²) >= 11 is 0. The maximum absolute atomic E-state index is 12.9. The zero-order valence-electron chi connectivity index (χ0n) is 14.3. The molecule has 2 aliphatic rings. The quantitative estimate of drug-likeness (QED) is 0.899. The molecule has 1 aromatic carbocycles. The van der Waals surface area contributed by atoms with Gasteiger partial charge in [-0.2, -0.15) is 0 Å². The fraction of sp³-hybridized carbons (Fsp3) is 0.579. The van der Waals surface area contributed by atoms with E-state index in [1.807, 2.05) is 28.9 Å². The Morgan fingerprint density at radius 1 is 1.25 bits per heavy atom. The van der Waals surface area contributed by atoms with E-state index in [0.717, 1.165) is 44.2 Å². The van der Waals surface area contributed by atoms with Crippen molar-refractivity contribution in [2.75, 3.05) is 26.2 Å². The minimum absolute atomic E-state index is 0.0846. The highest BCUT2D eigenvalue weighted by molar-refractivity contribution is 5.96. The van der Waals surface area contributed by atoms with Gasteiger partial charge in [0.1, 0.15) is 0 Å². The number of carboxylic acid groups (broad SMARTS) is 1. The summed E-state index contributed by atoms with van der Waals surface area (Å²) in [5.41, 5.74) is 3.45. The Hall–Kier alpha value is -1.88. The second kappa shape index (κ2) is 7.34. The fourth-order valence-corrected chi connectivity index (χ4v) is 4.10. The molecule has 1 N–H and O–H groups in total. The number of hydrogen-bond donors (Lipinski definition) is 1. The fourth-order valence-electron chi connectivity index (χ4n) is 4.10. The van der Waals surface area contributed by atoms with Gasteiger partial charge in [0, 0.05) is 24.7 Å². The van der Waals surface area contributed by atoms with Gasteiger partial charge in [-0.3, -0.25) is 14.5 Å². The van der Waals surface area contributed by atoms with Crippen LogP contribution in [0.1, 0.15) is 47.7 Å². The van der Waals surface area contributed by atoms with Crippen molar-refractivity contribution in [1.29, 1.82) is 0 Å². The summed E-state index contributed by atoms with van der Waals surface area (Å²) in [6, 6.07) is 6.35. The third kappa shape index (κ3) is 3.46. The maximum atomic E-state index is 12.9. The molecule has 1 aromatic rings. The van der Waals surface area contributed by atoms with Crippen molar-refractivity contribution in [3.63, 3.8) is 0 Å². The molecule has 5 nitrogen and oxygen atoms in total. The molecule has 24 heavy (non-hydrogen) atoms. The van der Waals surface area contributed by atoms with Gasteiger partial charge in [0.25, 0.3) is 5.91 Å². The lowest BCUT2D eigenvalue weighted by molar-refractivity contribution is -0.139. The van der Waals surface area contributed by atoms with Gasteiger partial charge in [0.2, 0.25) is 0 Å². The van der Waals surface area contributed by atoms with Crippen molar-refractivity contribution >= 4 is 11.9 Å². The van der Waals surface area contributed by atoms with Gasteiger partial charge in [-0.05, 0) is 55.8 Å². The Morgan fingerprint density at radius 3 is 2.67 bits per heavy atom. The molecular formula is C19H26N2O3. The van der Waals surface area contributed by atoms with Gasteiger partial charge < -0.3 is 10.0 Å². The van der Waals surface area contributed by atoms with Gasteiger partial charge in [0.15, 0.2) is 0 Å². The molecule has 0 unspecified atom stereocenters. The topological polar surface area (TPSA) is 60.9 Å². The molecule has 1 heterocycles. The summed E-state index contributed by atoms with van der Waals surface area (Å²) in [4.78, 5) is 27.8. The monoisotopic (exact) mass is 330 g/mol. The second-order valence-corrected chi connectivity index (χ2v) is 6.78. The summed E-state index contributed by atoms with van der Waals surface area (Å²) in [7, 11) is 0. The first-order valence-corrected chi connectivity index (χ1v) is 8.96. The maximum Gasteiger partial charge on any atom is 0.317 e. The number of carbonyl (C=O) groups excluding carboxylic acids is 1. The highest BCUT2D eigenvalue weighted by Gasteiger charge is 2.29. The Labute approximate surface area is 143 Å². The SMILES string of the molecule is CCN(CC(=O)O)C1CCN(C(=O)c2cccc3c2CCC3)CC1. The van der Waals surface area contributed by atoms with Crippen LogP contribution >= 0.6 is 0 Å². The number of likely N-dealkylation sites (N-methyl/N-ethyl adjacent to an activating group) is 1. The lowest BCUT2D eigenvalue weighted by atomic mass is 9.99. The van der Waals surface area contributed by atoms with Gasteiger partial charge in [-0.15, -0.1) is 0 Å². The smallest absolute Gasteiger partial charge is 0.317 e. The van der Waals surface area contributed by atoms with E-state index in [4.69, 9.17) is 5.11 Å². The number of nitrogens with zero attached hydrogens (tertiary/aromatic N) is 2. The Balaban J connectivity index is 1.64. The van der Waals surface area contributed by atoms with Gasteiger partial charge in [-0.1, -0.05) is 19.1 Å². The van der Waals surface area contributed by atoms with Crippen LogP contribution < -0.4 is 0 Å². The van der Waals surface area contributed by atoms with Crippen LogP contribution in [0.2, 0.25) is 0 Å². The number of benzene rings is 1. The van der Waals surface area contributed by atoms with Crippen molar-refractivity contribution in [3.8, 4) is 0 Å². The van der Waals surface area contributed by atoms with E-state index >= 15 is 0 Å². The Morgan fingerprint density at radius 2 is 2.00 bits per heavy atom. The van der Waals surface area contributed by atoms with Crippen molar-refractivity contribution < 1.29 is 14.7 Å². The predicted molar refractivity (Wildman–Crippen MR) is 92.3 cm³/mol. The van der Waals surface area contributed by atoms with Crippen LogP contribution in [0.15, 0.2) is 18.2 Å². The normalized spacial score (nSPS) is 18.0. The predicted octanol–water partition coefficient (Wildman–Crippen LogP) is 2.19. The van der Waals surface area contributed by atoms with Crippen LogP contribution in [0.5, 0.6) is 0 Å². The van der Waals surface area contributed by atoms with Crippen LogP contribution in [0.4, 0.5) is 0 Å². The number of fused-ring (bicyclic) bond motifs is 1. The van der Waals surface area contributed by atoms with Crippen LogP contribution in [-0.4, -0.2) is 59.0 Å². The Bertz CT molecular complexity index is 621. The highest BCUT2D eigenvalue weighted by atomic mass is 16.4. The number of likely N-dealkylation sites (tertiary alicyclic amines) is 1. The molecule has 1 amide bonds. The van der Waals surface area contributed by atoms with Crippen molar-refractivity contribution in [2.45, 2.75) is 45.1 Å². The average molecular weight is 330 g/mol. The summed E-state index contributed by atoms with van der Waals surface area (Å²) in [5.74, 6) is -0.635. The van der Waals surface area contributed by atoms with Crippen molar-refractivity contribution in [1.82, 2.24) is 9.80 Å². The highest BCUT2D eigenvalue weighted by Crippen LogP contribution is 2.27. The second-order valence-electron chi connectivity index (χ2n) is 6.78. The van der Waals surface area contributed by atoms with E-state index in [9.17, 15) is 9.59 Å². The van der Waals surface area contributed by atoms with E-state index in [-0.39, 0.29) is 18.5 Å². The summed E-state index contributed by atoms with van der Waals surface area (Å²) in [5, 5.41) is 9.02. The molecule has 1 fully saturated rings. The number of piperidine rings is 1. The third-order valence-corrected chi connectivity index (χ3v) is 5.39. The molecule has 0 bridgehead atoms. The molecule has 0 saturated carbocycles. The molecule has 3 rings (SSSR count). The van der Waals surface area contributed by atoms with Crippen molar-refractivity contribution in [3.05, 3.63) is 34.9 Å². The first-order valence-electron chi connectivity index (χ1n) is 8.96. The van der Waals surface area contributed by atoms with Gasteiger partial charge in [-0.25, -0.2) is 0 Å². The zero-order chi connectivity index (χ0) is 17.1. The first kappa shape index (κ1) is 17.0. The number of aliphatic carboxylic acids is 1. The number of carboxylic acids is 1. The van der Waals surface area contributed by atoms with Crippen LogP contribution in [0.3, 0.4) is 0 Å². The number of rotatable bonds is 5. The third-order valence-electron chi connectivity index (χ3n) is 5.39. The zero-order valence-corrected chi connectivity index (χ0v) is 14.3. The molecule has 0 atom stereocenters. The lowest BCUT2D eigenvalue weighted by Gasteiger charge is -2.37. The standard InChI is InChI=1S/C19H26N2O3/c1-2-20(13-18(22)23)15-9-11-21(12-10-15)19(24)17-8-4-6-14-5-3-7-16(14)17/h4,6,8,15H,2-3,5,7,9-13H2,1H3,(H,22,23). The van der Waals surface area contributed by atoms with Crippen LogP contribution in [-0.2, 0) is 17.6 Å². The molecule has 130 valence electrons. The van der Waals surface area contributed by atoms with E-state index in [0.29, 0.717) is 13.1 Å². The molecule has 0 aromatic heterocycles. The van der Waals surface area contributed by atoms with E-state index < -0.39 is 5.97 Å². The van der Waals surface area contributed by atoms with E-state index in [1.54, 1.807) is 0 Å².